The summed E-state index contributed by atoms with van der Waals surface area (Å²) in [5.41, 5.74) is 1.32. The number of carboxylic acids is 1. The summed E-state index contributed by atoms with van der Waals surface area (Å²) in [6.07, 6.45) is 1.20. The maximum Gasteiger partial charge on any atom is 0.358 e. The van der Waals surface area contributed by atoms with Crippen LogP contribution in [0.2, 0.25) is 0 Å². The van der Waals surface area contributed by atoms with Crippen LogP contribution in [-0.4, -0.2) is 26.1 Å². The van der Waals surface area contributed by atoms with Gasteiger partial charge in [-0.1, -0.05) is 24.3 Å². The van der Waals surface area contributed by atoms with Crippen LogP contribution >= 0.6 is 0 Å². The molecule has 0 bridgehead atoms. The number of aryl methyl sites for hydroxylation is 1. The second kappa shape index (κ2) is 5.60. The molecule has 0 fully saturated rings. The van der Waals surface area contributed by atoms with Gasteiger partial charge in [0.1, 0.15) is 5.82 Å². The number of benzene rings is 1. The van der Waals surface area contributed by atoms with Crippen LogP contribution in [0.15, 0.2) is 24.3 Å². The highest BCUT2D eigenvalue weighted by molar-refractivity contribution is 5.86. The number of aromatic carboxylic acids is 1. The van der Waals surface area contributed by atoms with Crippen LogP contribution in [0.5, 0.6) is 0 Å². The number of carbonyl (C=O) groups is 1. The molecule has 0 saturated carbocycles. The highest BCUT2D eigenvalue weighted by Crippen LogP contribution is 2.14. The smallest absolute Gasteiger partial charge is 0.358 e. The molecule has 6 heteroatoms. The average Bonchev–Trinajstić information content (AvgIpc) is 2.76. The second-order valence-electron chi connectivity index (χ2n) is 4.22. The molecular formula is C13H14FN3O2. The van der Waals surface area contributed by atoms with E-state index < -0.39 is 5.97 Å². The normalized spacial score (nSPS) is 10.6. The van der Waals surface area contributed by atoms with E-state index in [4.69, 9.17) is 5.11 Å². The summed E-state index contributed by atoms with van der Waals surface area (Å²) in [5.74, 6) is -1.41. The Bertz CT molecular complexity index is 578. The molecule has 0 aliphatic carbocycles. The van der Waals surface area contributed by atoms with Crippen molar-refractivity contribution in [3.8, 4) is 0 Å². The van der Waals surface area contributed by atoms with E-state index in [1.54, 1.807) is 16.8 Å². The van der Waals surface area contributed by atoms with Crippen molar-refractivity contribution in [1.82, 2.24) is 15.0 Å². The van der Waals surface area contributed by atoms with Crippen LogP contribution in [0.4, 0.5) is 4.39 Å². The first-order valence-corrected chi connectivity index (χ1v) is 6.02. The lowest BCUT2D eigenvalue weighted by atomic mass is 10.1. The number of hydrogen-bond acceptors (Lipinski definition) is 3. The SMILES string of the molecule is CCCn1nnc(C(=O)O)c1Cc1ccc(F)cc1. The molecule has 5 nitrogen and oxygen atoms in total. The van der Waals surface area contributed by atoms with Crippen LogP contribution in [-0.2, 0) is 13.0 Å². The van der Waals surface area contributed by atoms with E-state index in [9.17, 15) is 9.18 Å². The van der Waals surface area contributed by atoms with E-state index in [2.05, 4.69) is 10.3 Å². The van der Waals surface area contributed by atoms with Crippen LogP contribution in [0.25, 0.3) is 0 Å². The zero-order chi connectivity index (χ0) is 13.8. The Morgan fingerprint density at radius 1 is 1.37 bits per heavy atom. The summed E-state index contributed by atoms with van der Waals surface area (Å²) in [7, 11) is 0. The third-order valence-corrected chi connectivity index (χ3v) is 2.76. The second-order valence-corrected chi connectivity index (χ2v) is 4.22. The van der Waals surface area contributed by atoms with E-state index in [-0.39, 0.29) is 11.5 Å². The van der Waals surface area contributed by atoms with Crippen molar-refractivity contribution in [2.24, 2.45) is 0 Å². The number of hydrogen-bond donors (Lipinski definition) is 1. The molecule has 0 atom stereocenters. The topological polar surface area (TPSA) is 68.0 Å². The first-order valence-electron chi connectivity index (χ1n) is 6.02. The quantitative estimate of drug-likeness (QED) is 0.897. The summed E-state index contributed by atoms with van der Waals surface area (Å²) < 4.78 is 14.4. The van der Waals surface area contributed by atoms with Gasteiger partial charge in [0.05, 0.1) is 5.69 Å². The number of nitrogens with zero attached hydrogens (tertiary/aromatic N) is 3. The summed E-state index contributed by atoms with van der Waals surface area (Å²) in [6, 6.07) is 5.96. The van der Waals surface area contributed by atoms with Gasteiger partial charge in [-0.2, -0.15) is 0 Å². The van der Waals surface area contributed by atoms with E-state index in [0.717, 1.165) is 12.0 Å². The molecule has 100 valence electrons. The lowest BCUT2D eigenvalue weighted by Gasteiger charge is -2.06. The predicted molar refractivity (Wildman–Crippen MR) is 66.5 cm³/mol. The van der Waals surface area contributed by atoms with E-state index in [0.29, 0.717) is 18.7 Å². The Hall–Kier alpha value is -2.24. The molecule has 2 aromatic rings. The average molecular weight is 263 g/mol. The number of rotatable bonds is 5. The fourth-order valence-corrected chi connectivity index (χ4v) is 1.86. The first-order chi connectivity index (χ1) is 9.11. The molecule has 0 unspecified atom stereocenters. The standard InChI is InChI=1S/C13H14FN3O2/c1-2-7-17-11(12(13(18)19)15-16-17)8-9-3-5-10(14)6-4-9/h3-6H,2,7-8H2,1H3,(H,18,19). The Morgan fingerprint density at radius 3 is 2.63 bits per heavy atom. The van der Waals surface area contributed by atoms with Gasteiger partial charge in [0, 0.05) is 13.0 Å². The lowest BCUT2D eigenvalue weighted by molar-refractivity contribution is 0.0689. The minimum atomic E-state index is -1.10. The highest BCUT2D eigenvalue weighted by atomic mass is 19.1. The fraction of sp³-hybridized carbons (Fsp3) is 0.308. The van der Waals surface area contributed by atoms with Crippen LogP contribution in [0.3, 0.4) is 0 Å². The molecule has 1 N–H and O–H groups in total. The van der Waals surface area contributed by atoms with Gasteiger partial charge in [-0.3, -0.25) is 0 Å². The zero-order valence-electron chi connectivity index (χ0n) is 10.5. The van der Waals surface area contributed by atoms with Gasteiger partial charge in [-0.05, 0) is 24.1 Å². The van der Waals surface area contributed by atoms with E-state index in [1.807, 2.05) is 6.92 Å². The largest absolute Gasteiger partial charge is 0.476 e. The van der Waals surface area contributed by atoms with Crippen molar-refractivity contribution in [1.29, 1.82) is 0 Å². The van der Waals surface area contributed by atoms with Gasteiger partial charge in [0.2, 0.25) is 0 Å². The molecular weight excluding hydrogens is 249 g/mol. The van der Waals surface area contributed by atoms with Crippen LogP contribution in [0, 0.1) is 5.82 Å². The molecule has 2 rings (SSSR count). The third-order valence-electron chi connectivity index (χ3n) is 2.76. The predicted octanol–water partition coefficient (Wildman–Crippen LogP) is 2.12. The number of aromatic nitrogens is 3. The number of carboxylic acid groups (broad SMARTS) is 1. The third kappa shape index (κ3) is 2.96. The fourth-order valence-electron chi connectivity index (χ4n) is 1.86. The van der Waals surface area contributed by atoms with Crippen molar-refractivity contribution in [3.05, 3.63) is 47.0 Å². The molecule has 1 aromatic carbocycles. The van der Waals surface area contributed by atoms with Crippen molar-refractivity contribution >= 4 is 5.97 Å². The van der Waals surface area contributed by atoms with E-state index >= 15 is 0 Å². The van der Waals surface area contributed by atoms with Crippen LogP contribution < -0.4 is 0 Å². The van der Waals surface area contributed by atoms with Crippen molar-refractivity contribution in [2.75, 3.05) is 0 Å². The first kappa shape index (κ1) is 13.2. The van der Waals surface area contributed by atoms with Gasteiger partial charge < -0.3 is 5.11 Å². The molecule has 1 heterocycles. The summed E-state index contributed by atoms with van der Waals surface area (Å²) in [6.45, 7) is 2.58. The van der Waals surface area contributed by atoms with Gasteiger partial charge in [0.25, 0.3) is 0 Å². The summed E-state index contributed by atoms with van der Waals surface area (Å²) in [4.78, 5) is 11.1. The Labute approximate surface area is 109 Å². The van der Waals surface area contributed by atoms with Crippen molar-refractivity contribution < 1.29 is 14.3 Å². The van der Waals surface area contributed by atoms with Crippen LogP contribution in [0.1, 0.15) is 35.1 Å². The molecule has 19 heavy (non-hydrogen) atoms. The van der Waals surface area contributed by atoms with Gasteiger partial charge in [-0.25, -0.2) is 13.9 Å². The summed E-state index contributed by atoms with van der Waals surface area (Å²) in [5, 5.41) is 16.6. The summed E-state index contributed by atoms with van der Waals surface area (Å²) >= 11 is 0. The van der Waals surface area contributed by atoms with Gasteiger partial charge in [-0.15, -0.1) is 5.10 Å². The molecule has 0 aliphatic heterocycles. The maximum absolute atomic E-state index is 12.8. The maximum atomic E-state index is 12.8. The van der Waals surface area contributed by atoms with Crippen molar-refractivity contribution in [2.45, 2.75) is 26.3 Å². The lowest BCUT2D eigenvalue weighted by Crippen LogP contribution is -2.09. The Morgan fingerprint density at radius 2 is 2.05 bits per heavy atom. The molecule has 0 amide bonds. The van der Waals surface area contributed by atoms with Gasteiger partial charge in [0.15, 0.2) is 5.69 Å². The number of halogens is 1. The minimum Gasteiger partial charge on any atom is -0.476 e. The highest BCUT2D eigenvalue weighted by Gasteiger charge is 2.18. The molecule has 0 saturated heterocycles. The van der Waals surface area contributed by atoms with Gasteiger partial charge >= 0.3 is 5.97 Å². The van der Waals surface area contributed by atoms with E-state index in [1.165, 1.54) is 12.1 Å². The molecule has 0 spiro atoms. The zero-order valence-corrected chi connectivity index (χ0v) is 10.5. The molecule has 0 aliphatic rings. The Kier molecular flexibility index (Phi) is 3.89. The Balaban J connectivity index is 2.33. The molecule has 0 radical (unpaired) electrons. The monoisotopic (exact) mass is 263 g/mol. The van der Waals surface area contributed by atoms with Crippen molar-refractivity contribution in [3.63, 3.8) is 0 Å². The molecule has 1 aromatic heterocycles. The minimum absolute atomic E-state index is 0.0437.